The van der Waals surface area contributed by atoms with Gasteiger partial charge in [0.15, 0.2) is 0 Å². The van der Waals surface area contributed by atoms with Gasteiger partial charge in [-0.25, -0.2) is 15.8 Å². The summed E-state index contributed by atoms with van der Waals surface area (Å²) >= 11 is 0. The van der Waals surface area contributed by atoms with Gasteiger partial charge in [-0.05, 0) is 51.2 Å². The van der Waals surface area contributed by atoms with Crippen LogP contribution in [0.4, 0.5) is 0 Å². The van der Waals surface area contributed by atoms with Gasteiger partial charge in [-0.15, -0.1) is 0 Å². The SMILES string of the molecule is CCc1cncc(OC/C(=C(/N)c2ccc(OC3CCCCC3)c(C)n2)N(C)N)n1. The number of rotatable bonds is 8. The smallest absolute Gasteiger partial charge is 0.232 e. The minimum atomic E-state index is 0.154. The second-order valence-electron chi connectivity index (χ2n) is 7.62. The molecule has 0 unspecified atom stereocenters. The third-order valence-electron chi connectivity index (χ3n) is 5.28. The number of pyridine rings is 1. The Morgan fingerprint density at radius 1 is 1.17 bits per heavy atom. The van der Waals surface area contributed by atoms with Gasteiger partial charge in [0.25, 0.3) is 0 Å². The molecule has 30 heavy (non-hydrogen) atoms. The largest absolute Gasteiger partial charge is 0.489 e. The van der Waals surface area contributed by atoms with Crippen molar-refractivity contribution in [2.24, 2.45) is 11.6 Å². The highest BCUT2D eigenvalue weighted by atomic mass is 16.5. The molecule has 0 spiro atoms. The van der Waals surface area contributed by atoms with E-state index in [2.05, 4.69) is 15.0 Å². The van der Waals surface area contributed by atoms with E-state index in [-0.39, 0.29) is 12.7 Å². The Bertz CT molecular complexity index is 878. The summed E-state index contributed by atoms with van der Waals surface area (Å²) in [5, 5.41) is 1.44. The first-order valence-electron chi connectivity index (χ1n) is 10.5. The first-order chi connectivity index (χ1) is 14.5. The molecule has 3 rings (SSSR count). The third kappa shape index (κ3) is 5.60. The number of nitrogens with two attached hydrogens (primary N) is 2. The molecule has 1 saturated carbocycles. The van der Waals surface area contributed by atoms with Crippen LogP contribution in [0.25, 0.3) is 5.70 Å². The Morgan fingerprint density at radius 3 is 2.60 bits per heavy atom. The van der Waals surface area contributed by atoms with Crippen molar-refractivity contribution in [3.8, 4) is 11.6 Å². The third-order valence-corrected chi connectivity index (χ3v) is 5.28. The van der Waals surface area contributed by atoms with Gasteiger partial charge >= 0.3 is 0 Å². The fourth-order valence-corrected chi connectivity index (χ4v) is 3.47. The molecule has 0 aliphatic heterocycles. The number of ether oxygens (including phenoxy) is 2. The van der Waals surface area contributed by atoms with Crippen molar-refractivity contribution < 1.29 is 9.47 Å². The Labute approximate surface area is 178 Å². The number of aryl methyl sites for hydroxylation is 2. The molecule has 2 heterocycles. The van der Waals surface area contributed by atoms with Crippen molar-refractivity contribution in [3.05, 3.63) is 47.3 Å². The lowest BCUT2D eigenvalue weighted by Crippen LogP contribution is -2.31. The highest BCUT2D eigenvalue weighted by Gasteiger charge is 2.18. The quantitative estimate of drug-likeness (QED) is 0.503. The molecule has 0 aromatic carbocycles. The fraction of sp³-hybridized carbons (Fsp3) is 0.500. The number of nitrogens with zero attached hydrogens (tertiary/aromatic N) is 4. The van der Waals surface area contributed by atoms with E-state index >= 15 is 0 Å². The average Bonchev–Trinajstić information content (AvgIpc) is 2.76. The van der Waals surface area contributed by atoms with E-state index in [0.29, 0.717) is 23.0 Å². The normalized spacial score (nSPS) is 15.5. The zero-order chi connectivity index (χ0) is 21.5. The Morgan fingerprint density at radius 2 is 1.93 bits per heavy atom. The first-order valence-corrected chi connectivity index (χ1v) is 10.5. The van der Waals surface area contributed by atoms with Gasteiger partial charge in [0.05, 0.1) is 40.8 Å². The summed E-state index contributed by atoms with van der Waals surface area (Å²) < 4.78 is 11.9. The monoisotopic (exact) mass is 412 g/mol. The maximum absolute atomic E-state index is 6.40. The van der Waals surface area contributed by atoms with Crippen LogP contribution in [0.15, 0.2) is 30.2 Å². The standard InChI is InChI=1S/C22H32N6O2/c1-4-16-12-25-13-21(27-16)29-14-19(28(3)24)22(23)18-10-11-20(15(2)26-18)30-17-8-6-5-7-9-17/h10-13,17H,4-9,14,23-24H2,1-3H3/b22-19-. The van der Waals surface area contributed by atoms with E-state index in [4.69, 9.17) is 21.1 Å². The van der Waals surface area contributed by atoms with Crippen molar-refractivity contribution in [1.82, 2.24) is 20.0 Å². The van der Waals surface area contributed by atoms with Crippen molar-refractivity contribution in [1.29, 1.82) is 0 Å². The number of hydrazine groups is 1. The van der Waals surface area contributed by atoms with Gasteiger partial charge in [0.2, 0.25) is 5.88 Å². The van der Waals surface area contributed by atoms with Crippen LogP contribution in [0.5, 0.6) is 11.6 Å². The summed E-state index contributed by atoms with van der Waals surface area (Å²) in [6.07, 6.45) is 10.3. The van der Waals surface area contributed by atoms with Crippen molar-refractivity contribution >= 4 is 5.70 Å². The Hall–Kier alpha value is -2.87. The lowest BCUT2D eigenvalue weighted by molar-refractivity contribution is 0.153. The molecule has 0 saturated heterocycles. The highest BCUT2D eigenvalue weighted by Crippen LogP contribution is 2.26. The van der Waals surface area contributed by atoms with E-state index < -0.39 is 0 Å². The summed E-state index contributed by atoms with van der Waals surface area (Å²) in [5.74, 6) is 7.26. The molecular formula is C22H32N6O2. The number of aromatic nitrogens is 3. The van der Waals surface area contributed by atoms with Gasteiger partial charge in [0, 0.05) is 13.2 Å². The van der Waals surface area contributed by atoms with Crippen LogP contribution in [-0.2, 0) is 6.42 Å². The second kappa shape index (κ2) is 10.2. The number of likely N-dealkylation sites (N-methyl/N-ethyl adjacent to an activating group) is 1. The molecule has 0 bridgehead atoms. The zero-order valence-electron chi connectivity index (χ0n) is 18.1. The Kier molecular flexibility index (Phi) is 7.46. The molecule has 1 aliphatic rings. The van der Waals surface area contributed by atoms with Crippen LogP contribution in [0.1, 0.15) is 56.1 Å². The maximum atomic E-state index is 6.40. The van der Waals surface area contributed by atoms with Crippen molar-refractivity contribution in [2.45, 2.75) is 58.5 Å². The van der Waals surface area contributed by atoms with Crippen LogP contribution in [0, 0.1) is 6.92 Å². The maximum Gasteiger partial charge on any atom is 0.232 e. The molecule has 162 valence electrons. The van der Waals surface area contributed by atoms with E-state index in [9.17, 15) is 0 Å². The zero-order valence-corrected chi connectivity index (χ0v) is 18.1. The minimum absolute atomic E-state index is 0.154. The molecule has 8 heteroatoms. The lowest BCUT2D eigenvalue weighted by Gasteiger charge is -2.24. The molecule has 2 aromatic heterocycles. The van der Waals surface area contributed by atoms with E-state index in [1.165, 1.54) is 24.3 Å². The van der Waals surface area contributed by atoms with E-state index in [1.807, 2.05) is 26.0 Å². The summed E-state index contributed by atoms with van der Waals surface area (Å²) in [7, 11) is 1.72. The average molecular weight is 413 g/mol. The molecule has 1 fully saturated rings. The van der Waals surface area contributed by atoms with Gasteiger partial charge in [-0.1, -0.05) is 13.3 Å². The molecule has 4 N–H and O–H groups in total. The van der Waals surface area contributed by atoms with Crippen LogP contribution in [0.3, 0.4) is 0 Å². The van der Waals surface area contributed by atoms with Crippen molar-refractivity contribution in [2.75, 3.05) is 13.7 Å². The molecule has 8 nitrogen and oxygen atoms in total. The molecule has 2 aromatic rings. The highest BCUT2D eigenvalue weighted by molar-refractivity contribution is 5.63. The molecular weight excluding hydrogens is 380 g/mol. The minimum Gasteiger partial charge on any atom is -0.489 e. The predicted octanol–water partition coefficient (Wildman–Crippen LogP) is 2.97. The van der Waals surface area contributed by atoms with Crippen LogP contribution in [-0.4, -0.2) is 39.7 Å². The predicted molar refractivity (Wildman–Crippen MR) is 116 cm³/mol. The summed E-state index contributed by atoms with van der Waals surface area (Å²) in [6.45, 7) is 4.10. The van der Waals surface area contributed by atoms with Gasteiger partial charge in [-0.2, -0.15) is 0 Å². The summed E-state index contributed by atoms with van der Waals surface area (Å²) in [5.41, 5.74) is 9.76. The molecule has 0 radical (unpaired) electrons. The van der Waals surface area contributed by atoms with Crippen LogP contribution in [0.2, 0.25) is 0 Å². The fourth-order valence-electron chi connectivity index (χ4n) is 3.47. The lowest BCUT2D eigenvalue weighted by atomic mass is 9.98. The molecule has 0 atom stereocenters. The van der Waals surface area contributed by atoms with Gasteiger partial charge < -0.3 is 20.2 Å². The second-order valence-corrected chi connectivity index (χ2v) is 7.62. The Balaban J connectivity index is 1.75. The molecule has 0 amide bonds. The summed E-state index contributed by atoms with van der Waals surface area (Å²) in [6, 6.07) is 3.80. The van der Waals surface area contributed by atoms with E-state index in [0.717, 1.165) is 36.4 Å². The van der Waals surface area contributed by atoms with Crippen LogP contribution >= 0.6 is 0 Å². The van der Waals surface area contributed by atoms with E-state index in [1.54, 1.807) is 19.4 Å². The number of hydrogen-bond acceptors (Lipinski definition) is 8. The van der Waals surface area contributed by atoms with Gasteiger partial charge in [-0.3, -0.25) is 4.98 Å². The first kappa shape index (κ1) is 21.8. The van der Waals surface area contributed by atoms with Crippen LogP contribution < -0.4 is 21.1 Å². The topological polar surface area (TPSA) is 112 Å². The number of hydrogen-bond donors (Lipinski definition) is 2. The van der Waals surface area contributed by atoms with Crippen molar-refractivity contribution in [3.63, 3.8) is 0 Å². The summed E-state index contributed by atoms with van der Waals surface area (Å²) in [4.78, 5) is 13.2. The van der Waals surface area contributed by atoms with Gasteiger partial charge in [0.1, 0.15) is 12.4 Å². The molecule has 1 aliphatic carbocycles.